The molecule has 0 spiro atoms. The lowest BCUT2D eigenvalue weighted by Crippen LogP contribution is -2.32. The second kappa shape index (κ2) is 9.73. The van der Waals surface area contributed by atoms with Crippen molar-refractivity contribution in [2.75, 3.05) is 26.3 Å². The van der Waals surface area contributed by atoms with Crippen molar-refractivity contribution in [2.45, 2.75) is 59.0 Å². The molecule has 3 heteroatoms. The summed E-state index contributed by atoms with van der Waals surface area (Å²) >= 11 is 0. The number of rotatable bonds is 9. The van der Waals surface area contributed by atoms with Crippen LogP contribution in [-0.4, -0.2) is 37.5 Å². The van der Waals surface area contributed by atoms with Crippen molar-refractivity contribution in [3.05, 3.63) is 0 Å². The Labute approximate surface area is 119 Å². The summed E-state index contributed by atoms with van der Waals surface area (Å²) in [5, 5.41) is 13.1. The van der Waals surface area contributed by atoms with E-state index in [4.69, 9.17) is 4.74 Å². The molecule has 0 saturated heterocycles. The van der Waals surface area contributed by atoms with Crippen molar-refractivity contribution in [1.29, 1.82) is 0 Å². The highest BCUT2D eigenvalue weighted by atomic mass is 16.5. The molecule has 1 aliphatic rings. The van der Waals surface area contributed by atoms with Crippen LogP contribution in [0.1, 0.15) is 52.9 Å². The predicted molar refractivity (Wildman–Crippen MR) is 80.3 cm³/mol. The second-order valence-electron chi connectivity index (χ2n) is 6.72. The number of hydrogen-bond donors (Lipinski definition) is 2. The van der Waals surface area contributed by atoms with Crippen LogP contribution in [0.15, 0.2) is 0 Å². The first kappa shape index (κ1) is 16.9. The lowest BCUT2D eigenvalue weighted by Gasteiger charge is -2.26. The zero-order chi connectivity index (χ0) is 14.1. The zero-order valence-corrected chi connectivity index (χ0v) is 13.0. The molecule has 2 N–H and O–H groups in total. The van der Waals surface area contributed by atoms with Crippen LogP contribution < -0.4 is 5.32 Å². The molecule has 1 saturated carbocycles. The maximum Gasteiger partial charge on any atom is 0.0897 e. The van der Waals surface area contributed by atoms with Crippen LogP contribution >= 0.6 is 0 Å². The van der Waals surface area contributed by atoms with E-state index in [0.717, 1.165) is 25.0 Å². The first-order chi connectivity index (χ1) is 9.08. The van der Waals surface area contributed by atoms with Gasteiger partial charge in [0.1, 0.15) is 0 Å². The van der Waals surface area contributed by atoms with Crippen molar-refractivity contribution >= 4 is 0 Å². The van der Waals surface area contributed by atoms with Crippen LogP contribution in [0, 0.1) is 17.8 Å². The van der Waals surface area contributed by atoms with Gasteiger partial charge in [-0.05, 0) is 37.1 Å². The van der Waals surface area contributed by atoms with E-state index in [-0.39, 0.29) is 6.10 Å². The molecule has 114 valence electrons. The maximum atomic E-state index is 9.75. The molecule has 0 radical (unpaired) electrons. The summed E-state index contributed by atoms with van der Waals surface area (Å²) in [6.07, 6.45) is 6.48. The summed E-state index contributed by atoms with van der Waals surface area (Å²) in [5.41, 5.74) is 0. The number of nitrogens with one attached hydrogen (secondary N) is 1. The fourth-order valence-corrected chi connectivity index (χ4v) is 2.90. The van der Waals surface area contributed by atoms with Gasteiger partial charge < -0.3 is 15.2 Å². The molecule has 0 heterocycles. The van der Waals surface area contributed by atoms with Crippen molar-refractivity contribution in [1.82, 2.24) is 5.32 Å². The lowest BCUT2D eigenvalue weighted by atomic mass is 9.81. The second-order valence-corrected chi connectivity index (χ2v) is 6.72. The average molecular weight is 271 g/mol. The predicted octanol–water partition coefficient (Wildman–Crippen LogP) is 2.83. The molecular weight excluding hydrogens is 238 g/mol. The Morgan fingerprint density at radius 2 is 2.05 bits per heavy atom. The third-order valence-electron chi connectivity index (χ3n) is 3.92. The van der Waals surface area contributed by atoms with Crippen molar-refractivity contribution in [2.24, 2.45) is 17.8 Å². The minimum Gasteiger partial charge on any atom is -0.389 e. The van der Waals surface area contributed by atoms with Gasteiger partial charge in [-0.25, -0.2) is 0 Å². The van der Waals surface area contributed by atoms with Crippen LogP contribution in [0.2, 0.25) is 0 Å². The monoisotopic (exact) mass is 271 g/mol. The van der Waals surface area contributed by atoms with E-state index >= 15 is 0 Å². The highest BCUT2D eigenvalue weighted by Crippen LogP contribution is 2.30. The Balaban J connectivity index is 1.94. The summed E-state index contributed by atoms with van der Waals surface area (Å²) in [7, 11) is 0. The number of aliphatic hydroxyl groups excluding tert-OH is 1. The molecule has 19 heavy (non-hydrogen) atoms. The number of ether oxygens (including phenoxy) is 1. The Bertz CT molecular complexity index is 221. The van der Waals surface area contributed by atoms with Gasteiger partial charge in [-0.3, -0.25) is 0 Å². The Kier molecular flexibility index (Phi) is 8.67. The normalized spacial score (nSPS) is 25.7. The minimum atomic E-state index is -0.371. The van der Waals surface area contributed by atoms with Gasteiger partial charge in [0, 0.05) is 13.2 Å². The summed E-state index contributed by atoms with van der Waals surface area (Å²) in [4.78, 5) is 0. The molecule has 0 aromatic rings. The number of hydrogen-bond acceptors (Lipinski definition) is 3. The van der Waals surface area contributed by atoms with E-state index in [2.05, 4.69) is 26.1 Å². The first-order valence-corrected chi connectivity index (χ1v) is 8.04. The van der Waals surface area contributed by atoms with Crippen LogP contribution in [0.25, 0.3) is 0 Å². The largest absolute Gasteiger partial charge is 0.389 e. The van der Waals surface area contributed by atoms with Crippen LogP contribution in [0.4, 0.5) is 0 Å². The Hall–Kier alpha value is -0.120. The molecule has 1 fully saturated rings. The third-order valence-corrected chi connectivity index (χ3v) is 3.92. The van der Waals surface area contributed by atoms with E-state index in [9.17, 15) is 5.11 Å². The first-order valence-electron chi connectivity index (χ1n) is 8.04. The highest BCUT2D eigenvalue weighted by Gasteiger charge is 2.18. The molecule has 3 atom stereocenters. The van der Waals surface area contributed by atoms with Gasteiger partial charge in [-0.1, -0.05) is 40.0 Å². The quantitative estimate of drug-likeness (QED) is 0.634. The van der Waals surface area contributed by atoms with Crippen LogP contribution in [0.3, 0.4) is 0 Å². The van der Waals surface area contributed by atoms with Crippen LogP contribution in [-0.2, 0) is 4.74 Å². The molecule has 0 amide bonds. The fourth-order valence-electron chi connectivity index (χ4n) is 2.90. The Morgan fingerprint density at radius 3 is 2.74 bits per heavy atom. The molecule has 1 rings (SSSR count). The van der Waals surface area contributed by atoms with Gasteiger partial charge in [-0.2, -0.15) is 0 Å². The van der Waals surface area contributed by atoms with E-state index < -0.39 is 0 Å². The Morgan fingerprint density at radius 1 is 1.26 bits per heavy atom. The van der Waals surface area contributed by atoms with Crippen molar-refractivity contribution in [3.63, 3.8) is 0 Å². The van der Waals surface area contributed by atoms with E-state index in [1.807, 2.05) is 0 Å². The molecule has 0 aromatic heterocycles. The van der Waals surface area contributed by atoms with Gasteiger partial charge in [0.2, 0.25) is 0 Å². The van der Waals surface area contributed by atoms with Gasteiger partial charge >= 0.3 is 0 Å². The van der Waals surface area contributed by atoms with Crippen molar-refractivity contribution < 1.29 is 9.84 Å². The third kappa shape index (κ3) is 8.61. The summed E-state index contributed by atoms with van der Waals surface area (Å²) in [6.45, 7) is 9.47. The van der Waals surface area contributed by atoms with Gasteiger partial charge in [0.15, 0.2) is 0 Å². The minimum absolute atomic E-state index is 0.371. The fraction of sp³-hybridized carbons (Fsp3) is 1.00. The standard InChI is InChI=1S/C16H33NO2/c1-13(2)11-19-12-16(18)10-17-8-7-15-6-4-5-14(3)9-15/h13-18H,4-12H2,1-3H3. The topological polar surface area (TPSA) is 41.5 Å². The zero-order valence-electron chi connectivity index (χ0n) is 13.0. The molecule has 1 aliphatic carbocycles. The van der Waals surface area contributed by atoms with Gasteiger partial charge in [-0.15, -0.1) is 0 Å². The molecule has 0 aromatic carbocycles. The molecule has 3 unspecified atom stereocenters. The smallest absolute Gasteiger partial charge is 0.0897 e. The summed E-state index contributed by atoms with van der Waals surface area (Å²) in [5.74, 6) is 2.34. The molecule has 3 nitrogen and oxygen atoms in total. The average Bonchev–Trinajstić information content (AvgIpc) is 2.34. The highest BCUT2D eigenvalue weighted by molar-refractivity contribution is 4.71. The summed E-state index contributed by atoms with van der Waals surface area (Å²) in [6, 6.07) is 0. The van der Waals surface area contributed by atoms with Gasteiger partial charge in [0.25, 0.3) is 0 Å². The van der Waals surface area contributed by atoms with Gasteiger partial charge in [0.05, 0.1) is 12.7 Å². The SMILES string of the molecule is CC(C)COCC(O)CNCCC1CCCC(C)C1. The van der Waals surface area contributed by atoms with Crippen LogP contribution in [0.5, 0.6) is 0 Å². The molecule has 0 aliphatic heterocycles. The lowest BCUT2D eigenvalue weighted by molar-refractivity contribution is 0.0260. The van der Waals surface area contributed by atoms with Crippen molar-refractivity contribution in [3.8, 4) is 0 Å². The summed E-state index contributed by atoms with van der Waals surface area (Å²) < 4.78 is 5.43. The van der Waals surface area contributed by atoms with E-state index in [0.29, 0.717) is 19.1 Å². The maximum absolute atomic E-state index is 9.75. The number of aliphatic hydroxyl groups is 1. The molecular formula is C16H33NO2. The van der Waals surface area contributed by atoms with E-state index in [1.54, 1.807) is 0 Å². The van der Waals surface area contributed by atoms with E-state index in [1.165, 1.54) is 32.1 Å². The molecule has 0 bridgehead atoms.